The molecule has 0 aliphatic carbocycles. The van der Waals surface area contributed by atoms with Crippen LogP contribution in [0.3, 0.4) is 0 Å². The third-order valence-electron chi connectivity index (χ3n) is 2.98. The van der Waals surface area contributed by atoms with E-state index in [-0.39, 0.29) is 22.4 Å². The van der Waals surface area contributed by atoms with Crippen molar-refractivity contribution in [1.82, 2.24) is 4.98 Å². The van der Waals surface area contributed by atoms with E-state index in [9.17, 15) is 31.7 Å². The quantitative estimate of drug-likeness (QED) is 0.335. The smallest absolute Gasteiger partial charge is 0.493 e. The second-order valence-electron chi connectivity index (χ2n) is 4.44. The number of benzene rings is 1. The number of alkyl halides is 3. The number of rotatable bonds is 5. The van der Waals surface area contributed by atoms with Crippen LogP contribution in [0.25, 0.3) is 10.9 Å². The van der Waals surface area contributed by atoms with Crippen LogP contribution in [0.15, 0.2) is 18.3 Å². The molecule has 1 heterocycles. The molecule has 13 heteroatoms. The standard InChI is InChI=1S/C12H9F3N2O7S/c1-22-8-3-6-7(4-9(8)23-2)16-5-10(11(6)17(18)19)24-25(20,21)12(13,14)15/h3-5H,1-2H3. The number of halogens is 3. The van der Waals surface area contributed by atoms with Gasteiger partial charge in [0.2, 0.25) is 5.75 Å². The molecule has 1 aromatic heterocycles. The van der Waals surface area contributed by atoms with Crippen LogP contribution in [-0.2, 0) is 10.1 Å². The number of hydrogen-bond acceptors (Lipinski definition) is 8. The molecule has 9 nitrogen and oxygen atoms in total. The molecule has 0 fully saturated rings. The minimum absolute atomic E-state index is 0.0238. The van der Waals surface area contributed by atoms with Crippen LogP contribution >= 0.6 is 0 Å². The number of ether oxygens (including phenoxy) is 2. The lowest BCUT2D eigenvalue weighted by molar-refractivity contribution is -0.383. The summed E-state index contributed by atoms with van der Waals surface area (Å²) in [6.07, 6.45) is 0.510. The Morgan fingerprint density at radius 2 is 1.68 bits per heavy atom. The van der Waals surface area contributed by atoms with Crippen LogP contribution < -0.4 is 13.7 Å². The van der Waals surface area contributed by atoms with E-state index in [4.69, 9.17) is 9.47 Å². The van der Waals surface area contributed by atoms with E-state index in [0.717, 1.165) is 6.07 Å². The lowest BCUT2D eigenvalue weighted by Gasteiger charge is -2.12. The summed E-state index contributed by atoms with van der Waals surface area (Å²) < 4.78 is 73.4. The second kappa shape index (κ2) is 6.23. The zero-order valence-corrected chi connectivity index (χ0v) is 13.3. The van der Waals surface area contributed by atoms with Crippen molar-refractivity contribution in [3.63, 3.8) is 0 Å². The van der Waals surface area contributed by atoms with Crippen LogP contribution in [0.5, 0.6) is 17.2 Å². The summed E-state index contributed by atoms with van der Waals surface area (Å²) in [5, 5.41) is 11.0. The maximum atomic E-state index is 12.4. The monoisotopic (exact) mass is 382 g/mol. The van der Waals surface area contributed by atoms with E-state index in [1.54, 1.807) is 0 Å². The Balaban J connectivity index is 2.75. The van der Waals surface area contributed by atoms with Crippen molar-refractivity contribution in [1.29, 1.82) is 0 Å². The number of aromatic nitrogens is 1. The average molecular weight is 382 g/mol. The molecule has 0 unspecified atom stereocenters. The van der Waals surface area contributed by atoms with Crippen molar-refractivity contribution < 1.29 is 40.2 Å². The first-order chi connectivity index (χ1) is 11.5. The fraction of sp³-hybridized carbons (Fsp3) is 0.250. The molecule has 0 aliphatic heterocycles. The lowest BCUT2D eigenvalue weighted by Crippen LogP contribution is -2.28. The zero-order chi connectivity index (χ0) is 19.0. The number of hydrogen-bond donors (Lipinski definition) is 0. The van der Waals surface area contributed by atoms with Gasteiger partial charge in [-0.3, -0.25) is 15.1 Å². The van der Waals surface area contributed by atoms with Crippen molar-refractivity contribution >= 4 is 26.7 Å². The number of nitro groups is 1. The van der Waals surface area contributed by atoms with Gasteiger partial charge in [-0.2, -0.15) is 21.6 Å². The molecule has 0 saturated carbocycles. The first-order valence-electron chi connectivity index (χ1n) is 6.21. The van der Waals surface area contributed by atoms with E-state index in [1.165, 1.54) is 20.3 Å². The number of methoxy groups -OCH3 is 2. The van der Waals surface area contributed by atoms with E-state index >= 15 is 0 Å². The average Bonchev–Trinajstić information content (AvgIpc) is 2.51. The van der Waals surface area contributed by atoms with Crippen molar-refractivity contribution in [3.8, 4) is 17.2 Å². The van der Waals surface area contributed by atoms with Gasteiger partial charge in [0.05, 0.1) is 36.2 Å². The molecule has 0 bridgehead atoms. The van der Waals surface area contributed by atoms with Gasteiger partial charge in [0.25, 0.3) is 0 Å². The van der Waals surface area contributed by atoms with Gasteiger partial charge in [0.1, 0.15) is 0 Å². The van der Waals surface area contributed by atoms with Gasteiger partial charge in [-0.1, -0.05) is 0 Å². The van der Waals surface area contributed by atoms with Crippen molar-refractivity contribution in [2.24, 2.45) is 0 Å². The summed E-state index contributed by atoms with van der Waals surface area (Å²) >= 11 is 0. The molecule has 0 atom stereocenters. The molecule has 0 aliphatic rings. The third-order valence-corrected chi connectivity index (χ3v) is 3.94. The lowest BCUT2D eigenvalue weighted by atomic mass is 10.1. The highest BCUT2D eigenvalue weighted by molar-refractivity contribution is 7.88. The van der Waals surface area contributed by atoms with Crippen molar-refractivity contribution in [2.75, 3.05) is 14.2 Å². The van der Waals surface area contributed by atoms with Crippen molar-refractivity contribution in [3.05, 3.63) is 28.4 Å². The van der Waals surface area contributed by atoms with Gasteiger partial charge in [-0.05, 0) is 0 Å². The fourth-order valence-corrected chi connectivity index (χ4v) is 2.35. The number of nitrogens with zero attached hydrogens (tertiary/aromatic N) is 2. The Morgan fingerprint density at radius 1 is 1.12 bits per heavy atom. The Morgan fingerprint density at radius 3 is 2.16 bits per heavy atom. The van der Waals surface area contributed by atoms with Gasteiger partial charge in [-0.25, -0.2) is 0 Å². The molecule has 0 N–H and O–H groups in total. The second-order valence-corrected chi connectivity index (χ2v) is 5.97. The molecule has 25 heavy (non-hydrogen) atoms. The van der Waals surface area contributed by atoms with E-state index in [2.05, 4.69) is 9.17 Å². The van der Waals surface area contributed by atoms with E-state index in [0.29, 0.717) is 6.20 Å². The molecule has 2 aromatic rings. The maximum Gasteiger partial charge on any atom is 0.534 e. The molecule has 1 aromatic carbocycles. The van der Waals surface area contributed by atoms with Gasteiger partial charge in [0, 0.05) is 12.1 Å². The first kappa shape index (κ1) is 18.5. The SMILES string of the molecule is COc1cc2ncc(OS(=O)(=O)C(F)(F)F)c([N+](=O)[O-])c2cc1OC. The third kappa shape index (κ3) is 3.35. The highest BCUT2D eigenvalue weighted by Crippen LogP contribution is 2.41. The molecule has 136 valence electrons. The molecular weight excluding hydrogens is 373 g/mol. The first-order valence-corrected chi connectivity index (χ1v) is 7.62. The predicted octanol–water partition coefficient (Wildman–Crippen LogP) is 2.39. The van der Waals surface area contributed by atoms with Gasteiger partial charge in [0.15, 0.2) is 11.5 Å². The highest BCUT2D eigenvalue weighted by atomic mass is 32.2. The summed E-state index contributed by atoms with van der Waals surface area (Å²) in [6, 6.07) is 2.32. The van der Waals surface area contributed by atoms with Crippen LogP contribution in [0.1, 0.15) is 0 Å². The summed E-state index contributed by atoms with van der Waals surface area (Å²) in [6.45, 7) is 0. The molecular formula is C12H9F3N2O7S. The molecule has 0 radical (unpaired) electrons. The zero-order valence-electron chi connectivity index (χ0n) is 12.5. The molecule has 0 amide bonds. The Bertz CT molecular complexity index is 944. The molecule has 2 rings (SSSR count). The van der Waals surface area contributed by atoms with Crippen molar-refractivity contribution in [2.45, 2.75) is 5.51 Å². The predicted molar refractivity (Wildman–Crippen MR) is 77.1 cm³/mol. The molecule has 0 spiro atoms. The normalized spacial score (nSPS) is 12.0. The summed E-state index contributed by atoms with van der Waals surface area (Å²) in [5.41, 5.74) is -6.81. The largest absolute Gasteiger partial charge is 0.534 e. The summed E-state index contributed by atoms with van der Waals surface area (Å²) in [7, 11) is -3.57. The topological polar surface area (TPSA) is 118 Å². The number of pyridine rings is 1. The molecule has 0 saturated heterocycles. The minimum atomic E-state index is -6.10. The van der Waals surface area contributed by atoms with Crippen LogP contribution in [-0.4, -0.2) is 38.1 Å². The van der Waals surface area contributed by atoms with Gasteiger partial charge in [-0.15, -0.1) is 0 Å². The van der Waals surface area contributed by atoms with Gasteiger partial charge >= 0.3 is 21.3 Å². The Hall–Kier alpha value is -2.83. The van der Waals surface area contributed by atoms with Gasteiger partial charge < -0.3 is 13.7 Å². The van der Waals surface area contributed by atoms with Crippen LogP contribution in [0.4, 0.5) is 18.9 Å². The summed E-state index contributed by atoms with van der Waals surface area (Å²) in [4.78, 5) is 13.9. The fourth-order valence-electron chi connectivity index (χ4n) is 1.90. The Labute approximate surface area is 138 Å². The summed E-state index contributed by atoms with van der Waals surface area (Å²) in [5.74, 6) is -0.994. The maximum absolute atomic E-state index is 12.4. The van der Waals surface area contributed by atoms with E-state index < -0.39 is 32.0 Å². The number of fused-ring (bicyclic) bond motifs is 1. The van der Waals surface area contributed by atoms with Crippen LogP contribution in [0.2, 0.25) is 0 Å². The highest BCUT2D eigenvalue weighted by Gasteiger charge is 2.49. The van der Waals surface area contributed by atoms with Crippen LogP contribution in [0, 0.1) is 10.1 Å². The minimum Gasteiger partial charge on any atom is -0.493 e. The Kier molecular flexibility index (Phi) is 4.61. The van der Waals surface area contributed by atoms with E-state index in [1.807, 2.05) is 0 Å².